The Morgan fingerprint density at radius 3 is 2.32 bits per heavy atom. The lowest BCUT2D eigenvalue weighted by atomic mass is 9.86. The van der Waals surface area contributed by atoms with Gasteiger partial charge in [-0.05, 0) is 37.1 Å². The Kier molecular flexibility index (Phi) is 10.9. The topological polar surface area (TPSA) is 103 Å². The smallest absolute Gasteiger partial charge is 0.344 e. The summed E-state index contributed by atoms with van der Waals surface area (Å²) in [4.78, 5) is 24.2. The zero-order valence-corrected chi connectivity index (χ0v) is 20.5. The number of rotatable bonds is 11. The fourth-order valence-electron chi connectivity index (χ4n) is 4.07. The molecule has 1 aliphatic heterocycles. The van der Waals surface area contributed by atoms with Gasteiger partial charge in [0.05, 0.1) is 12.5 Å². The first kappa shape index (κ1) is 26.7. The van der Waals surface area contributed by atoms with Gasteiger partial charge in [-0.15, -0.1) is 11.8 Å². The molecule has 4 atom stereocenters. The number of nitrogens with one attached hydrogen (secondary N) is 1. The summed E-state index contributed by atoms with van der Waals surface area (Å²) in [5, 5.41) is 12.9. The largest absolute Gasteiger partial charge is 0.484 e. The van der Waals surface area contributed by atoms with Gasteiger partial charge in [-0.2, -0.15) is 0 Å². The molecule has 1 saturated carbocycles. The summed E-state index contributed by atoms with van der Waals surface area (Å²) in [6.07, 6.45) is 6.40. The van der Waals surface area contributed by atoms with Crippen molar-refractivity contribution in [3.8, 4) is 11.5 Å². The van der Waals surface area contributed by atoms with Crippen molar-refractivity contribution in [3.63, 3.8) is 0 Å². The molecule has 1 heterocycles. The predicted octanol–water partition coefficient (Wildman–Crippen LogP) is 2.41. The number of aliphatic hydroxyl groups excluding tert-OH is 1. The number of carbonyl (C=O) groups is 2. The lowest BCUT2D eigenvalue weighted by Gasteiger charge is -2.20. The minimum Gasteiger partial charge on any atom is -0.484 e. The van der Waals surface area contributed by atoms with E-state index in [1.807, 2.05) is 11.8 Å². The third-order valence-electron chi connectivity index (χ3n) is 6.12. The molecule has 3 rings (SSSR count). The van der Waals surface area contributed by atoms with E-state index in [2.05, 4.69) is 5.32 Å². The fourth-order valence-corrected chi connectivity index (χ4v) is 5.21. The molecule has 0 aromatic heterocycles. The van der Waals surface area contributed by atoms with Gasteiger partial charge in [0.2, 0.25) is 0 Å². The average Bonchev–Trinajstić information content (AvgIpc) is 3.01. The molecule has 1 amide bonds. The molecule has 10 heteroatoms. The monoisotopic (exact) mass is 491 g/mol. The molecule has 2 fully saturated rings. The van der Waals surface area contributed by atoms with Crippen molar-refractivity contribution < 1.29 is 33.6 Å². The lowest BCUT2D eigenvalue weighted by Crippen LogP contribution is -2.35. The van der Waals surface area contributed by atoms with Crippen LogP contribution < -0.4 is 14.8 Å². The van der Waals surface area contributed by atoms with Gasteiger partial charge in [0.1, 0.15) is 31.6 Å². The highest BCUT2D eigenvalue weighted by molar-refractivity contribution is 7.99. The van der Waals surface area contributed by atoms with Crippen LogP contribution in [0.1, 0.15) is 45.4 Å². The van der Waals surface area contributed by atoms with Gasteiger partial charge in [-0.1, -0.05) is 32.6 Å². The molecule has 1 aromatic carbocycles. The molecular formula is C24H34BNO7S. The zero-order valence-electron chi connectivity index (χ0n) is 19.6. The number of benzene rings is 1. The summed E-state index contributed by atoms with van der Waals surface area (Å²) in [6, 6.07) is 6.04. The van der Waals surface area contributed by atoms with E-state index >= 15 is 0 Å². The van der Waals surface area contributed by atoms with E-state index in [1.165, 1.54) is 38.5 Å². The average molecular weight is 491 g/mol. The first-order valence-corrected chi connectivity index (χ1v) is 13.0. The summed E-state index contributed by atoms with van der Waals surface area (Å²) >= 11 is 1.81. The highest BCUT2D eigenvalue weighted by Gasteiger charge is 2.41. The minimum atomic E-state index is -0.641. The second-order valence-electron chi connectivity index (χ2n) is 8.71. The van der Waals surface area contributed by atoms with Gasteiger partial charge < -0.3 is 29.4 Å². The third kappa shape index (κ3) is 8.39. The van der Waals surface area contributed by atoms with E-state index in [-0.39, 0.29) is 31.6 Å². The van der Waals surface area contributed by atoms with E-state index in [0.29, 0.717) is 22.6 Å². The number of hydrogen-bond acceptors (Lipinski definition) is 8. The van der Waals surface area contributed by atoms with Crippen LogP contribution in [0.3, 0.4) is 0 Å². The maximum absolute atomic E-state index is 12.1. The van der Waals surface area contributed by atoms with Crippen LogP contribution in [0.4, 0.5) is 0 Å². The Labute approximate surface area is 206 Å². The molecule has 1 saturated heterocycles. The van der Waals surface area contributed by atoms with E-state index in [1.54, 1.807) is 31.2 Å². The maximum atomic E-state index is 12.1. The molecule has 1 aliphatic carbocycles. The number of amides is 1. The van der Waals surface area contributed by atoms with Crippen LogP contribution in [0.5, 0.6) is 11.5 Å². The van der Waals surface area contributed by atoms with Crippen molar-refractivity contribution in [2.24, 2.45) is 5.92 Å². The van der Waals surface area contributed by atoms with Crippen molar-refractivity contribution in [2.45, 2.75) is 68.9 Å². The second-order valence-corrected chi connectivity index (χ2v) is 10.00. The van der Waals surface area contributed by atoms with Gasteiger partial charge in [0, 0.05) is 17.2 Å². The summed E-state index contributed by atoms with van der Waals surface area (Å²) in [5.41, 5.74) is 0. The number of hydrogen-bond donors (Lipinski definition) is 2. The molecule has 2 N–H and O–H groups in total. The standard InChI is InChI=1S/C24H34BNO7S/c1-16-23(20(12-27)32-24(16)25)33-22(29)14-31-18-10-8-17(9-11-18)30-13-21(28)26-15-34-19-6-4-2-3-5-7-19/h8-11,16,19-20,23-24,27H,2-7,12-15H2,1H3,(H,26,28)/t16?,20-,23?,24-/m1/s1. The van der Waals surface area contributed by atoms with Crippen molar-refractivity contribution in [1.29, 1.82) is 0 Å². The van der Waals surface area contributed by atoms with Gasteiger partial charge in [0.25, 0.3) is 5.91 Å². The highest BCUT2D eigenvalue weighted by atomic mass is 32.2. The van der Waals surface area contributed by atoms with E-state index < -0.39 is 24.2 Å². The quantitative estimate of drug-likeness (QED) is 0.211. The van der Waals surface area contributed by atoms with Crippen LogP contribution in [0, 0.1) is 5.92 Å². The highest BCUT2D eigenvalue weighted by Crippen LogP contribution is 2.28. The second kappa shape index (κ2) is 13.8. The van der Waals surface area contributed by atoms with E-state index in [0.717, 1.165) is 0 Å². The zero-order chi connectivity index (χ0) is 24.3. The van der Waals surface area contributed by atoms with Gasteiger partial charge in [-0.25, -0.2) is 4.79 Å². The molecular weight excluding hydrogens is 457 g/mol. The van der Waals surface area contributed by atoms with Gasteiger partial charge in [0.15, 0.2) is 13.2 Å². The molecule has 2 aliphatic rings. The summed E-state index contributed by atoms with van der Waals surface area (Å²) in [7, 11) is 5.80. The molecule has 1 aromatic rings. The number of carbonyl (C=O) groups excluding carboxylic acids is 2. The maximum Gasteiger partial charge on any atom is 0.344 e. The molecule has 0 bridgehead atoms. The summed E-state index contributed by atoms with van der Waals surface area (Å²) < 4.78 is 21.7. The Bertz CT molecular complexity index is 773. The van der Waals surface area contributed by atoms with Crippen LogP contribution >= 0.6 is 11.8 Å². The van der Waals surface area contributed by atoms with Crippen LogP contribution in [0.2, 0.25) is 0 Å². The Hall–Kier alpha value is -1.91. The first-order chi connectivity index (χ1) is 16.5. The molecule has 2 unspecified atom stereocenters. The van der Waals surface area contributed by atoms with Crippen molar-refractivity contribution in [1.82, 2.24) is 5.32 Å². The SMILES string of the molecule is [B][C@@H]1O[C@H](CO)C(OC(=O)COc2ccc(OCC(=O)NCSC3CCCCCC3)cc2)C1C. The van der Waals surface area contributed by atoms with Crippen LogP contribution in [0.15, 0.2) is 24.3 Å². The van der Waals surface area contributed by atoms with Gasteiger partial charge >= 0.3 is 5.97 Å². The number of aliphatic hydroxyl groups is 1. The first-order valence-electron chi connectivity index (χ1n) is 11.9. The predicted molar refractivity (Wildman–Crippen MR) is 130 cm³/mol. The van der Waals surface area contributed by atoms with E-state index in [4.69, 9.17) is 26.8 Å². The number of esters is 1. The van der Waals surface area contributed by atoms with Crippen molar-refractivity contribution in [2.75, 3.05) is 25.7 Å². The van der Waals surface area contributed by atoms with Crippen molar-refractivity contribution in [3.05, 3.63) is 24.3 Å². The normalized spacial score (nSPS) is 25.4. The van der Waals surface area contributed by atoms with Crippen molar-refractivity contribution >= 4 is 31.5 Å². The van der Waals surface area contributed by atoms with Crippen LogP contribution in [-0.2, 0) is 19.1 Å². The molecule has 34 heavy (non-hydrogen) atoms. The minimum absolute atomic E-state index is 0.0619. The molecule has 8 nitrogen and oxygen atoms in total. The van der Waals surface area contributed by atoms with Gasteiger partial charge in [-0.3, -0.25) is 4.79 Å². The molecule has 2 radical (unpaired) electrons. The van der Waals surface area contributed by atoms with Crippen LogP contribution in [-0.4, -0.2) is 74.0 Å². The number of ether oxygens (including phenoxy) is 4. The molecule has 0 spiro atoms. The fraction of sp³-hybridized carbons (Fsp3) is 0.667. The van der Waals surface area contributed by atoms with E-state index in [9.17, 15) is 14.7 Å². The summed E-state index contributed by atoms with van der Waals surface area (Å²) in [5.74, 6) is 0.622. The summed E-state index contributed by atoms with van der Waals surface area (Å²) in [6.45, 7) is 1.16. The Balaban J connectivity index is 1.32. The Morgan fingerprint density at radius 2 is 1.71 bits per heavy atom. The lowest BCUT2D eigenvalue weighted by molar-refractivity contribution is -0.156. The Morgan fingerprint density at radius 1 is 1.09 bits per heavy atom. The third-order valence-corrected chi connectivity index (χ3v) is 7.38. The van der Waals surface area contributed by atoms with Crippen LogP contribution in [0.25, 0.3) is 0 Å². The molecule has 186 valence electrons. The number of thioether (sulfide) groups is 1.